The maximum absolute atomic E-state index is 13.1. The lowest BCUT2D eigenvalue weighted by atomic mass is 10.3. The minimum Gasteiger partial charge on any atom is -0.452 e. The van der Waals surface area contributed by atoms with Crippen LogP contribution in [0.2, 0.25) is 5.02 Å². The minimum atomic E-state index is -4.10. The Morgan fingerprint density at radius 1 is 1.19 bits per heavy atom. The third-order valence-electron chi connectivity index (χ3n) is 3.32. The van der Waals surface area contributed by atoms with E-state index in [9.17, 15) is 22.4 Å². The van der Waals surface area contributed by atoms with Crippen LogP contribution in [0.25, 0.3) is 0 Å². The van der Waals surface area contributed by atoms with Gasteiger partial charge >= 0.3 is 5.97 Å². The van der Waals surface area contributed by atoms with Crippen molar-refractivity contribution in [2.24, 2.45) is 0 Å². The summed E-state index contributed by atoms with van der Waals surface area (Å²) in [6.45, 7) is 0.605. The highest BCUT2D eigenvalue weighted by Gasteiger charge is 2.21. The molecule has 0 heterocycles. The molecule has 0 saturated carbocycles. The van der Waals surface area contributed by atoms with Gasteiger partial charge in [-0.2, -0.15) is 4.72 Å². The average Bonchev–Trinajstić information content (AvgIpc) is 2.62. The van der Waals surface area contributed by atoms with Crippen molar-refractivity contribution in [2.45, 2.75) is 17.9 Å². The van der Waals surface area contributed by atoms with Gasteiger partial charge in [0.25, 0.3) is 5.91 Å². The number of hydrogen-bond donors (Lipinski definition) is 2. The molecule has 0 aliphatic rings. The molecule has 0 spiro atoms. The first-order chi connectivity index (χ1) is 12.7. The van der Waals surface area contributed by atoms with E-state index in [1.807, 2.05) is 4.72 Å². The van der Waals surface area contributed by atoms with E-state index in [1.165, 1.54) is 19.1 Å². The Morgan fingerprint density at radius 3 is 2.56 bits per heavy atom. The van der Waals surface area contributed by atoms with Crippen LogP contribution in [-0.4, -0.2) is 32.9 Å². The first kappa shape index (κ1) is 20.8. The van der Waals surface area contributed by atoms with Crippen LogP contribution in [-0.2, 0) is 24.3 Å². The summed E-state index contributed by atoms with van der Waals surface area (Å²) >= 11 is 5.92. The number of sulfonamides is 1. The lowest BCUT2D eigenvalue weighted by Gasteiger charge is -2.14. The molecular weight excluding hydrogens is 399 g/mol. The number of halogens is 2. The number of rotatable bonds is 7. The van der Waals surface area contributed by atoms with Crippen molar-refractivity contribution in [3.05, 3.63) is 59.4 Å². The summed E-state index contributed by atoms with van der Waals surface area (Å²) in [5.41, 5.74) is 0.346. The predicted octanol–water partition coefficient (Wildman–Crippen LogP) is 2.33. The SMILES string of the molecule is C[C@@H](OC(=O)CNS(=O)(=O)c1cccc(F)c1)C(=O)Nc1ccccc1Cl. The molecule has 0 aliphatic heterocycles. The number of nitrogens with one attached hydrogen (secondary N) is 2. The average molecular weight is 415 g/mol. The summed E-state index contributed by atoms with van der Waals surface area (Å²) < 4.78 is 44.0. The molecule has 10 heteroatoms. The van der Waals surface area contributed by atoms with Gasteiger partial charge in [0.1, 0.15) is 12.4 Å². The quantitative estimate of drug-likeness (QED) is 0.677. The van der Waals surface area contributed by atoms with Gasteiger partial charge in [-0.25, -0.2) is 12.8 Å². The fourth-order valence-electron chi connectivity index (χ4n) is 1.96. The number of carbonyl (C=O) groups is 2. The zero-order valence-electron chi connectivity index (χ0n) is 14.1. The standard InChI is InChI=1S/C17H16ClFN2O5S/c1-11(17(23)21-15-8-3-2-7-14(15)18)26-16(22)10-20-27(24,25)13-6-4-5-12(19)9-13/h2-9,11,20H,10H2,1H3,(H,21,23)/t11-/m1/s1. The van der Waals surface area contributed by atoms with Gasteiger partial charge in [-0.15, -0.1) is 0 Å². The van der Waals surface area contributed by atoms with Crippen LogP contribution in [0.15, 0.2) is 53.4 Å². The van der Waals surface area contributed by atoms with E-state index < -0.39 is 40.4 Å². The number of esters is 1. The fraction of sp³-hybridized carbons (Fsp3) is 0.176. The zero-order valence-corrected chi connectivity index (χ0v) is 15.7. The van der Waals surface area contributed by atoms with E-state index in [-0.39, 0.29) is 4.90 Å². The molecule has 2 aromatic carbocycles. The number of carbonyl (C=O) groups excluding carboxylic acids is 2. The first-order valence-corrected chi connectivity index (χ1v) is 9.55. The number of ether oxygens (including phenoxy) is 1. The van der Waals surface area contributed by atoms with Crippen molar-refractivity contribution in [1.29, 1.82) is 0 Å². The number of para-hydroxylation sites is 1. The summed E-state index contributed by atoms with van der Waals surface area (Å²) in [5.74, 6) is -2.34. The maximum atomic E-state index is 13.1. The monoisotopic (exact) mass is 414 g/mol. The van der Waals surface area contributed by atoms with Crippen molar-refractivity contribution in [1.82, 2.24) is 4.72 Å². The molecule has 0 unspecified atom stereocenters. The van der Waals surface area contributed by atoms with E-state index in [0.717, 1.165) is 12.1 Å². The van der Waals surface area contributed by atoms with Crippen LogP contribution >= 0.6 is 11.6 Å². The van der Waals surface area contributed by atoms with Gasteiger partial charge in [-0.1, -0.05) is 29.8 Å². The lowest BCUT2D eigenvalue weighted by Crippen LogP contribution is -2.35. The highest BCUT2D eigenvalue weighted by atomic mass is 35.5. The van der Waals surface area contributed by atoms with Gasteiger partial charge in [-0.3, -0.25) is 9.59 Å². The van der Waals surface area contributed by atoms with Crippen LogP contribution in [0.4, 0.5) is 10.1 Å². The van der Waals surface area contributed by atoms with E-state index in [0.29, 0.717) is 10.7 Å². The Kier molecular flexibility index (Phi) is 6.89. The third kappa shape index (κ3) is 6.02. The highest BCUT2D eigenvalue weighted by Crippen LogP contribution is 2.20. The normalized spacial score (nSPS) is 12.3. The second-order valence-corrected chi connectivity index (χ2v) is 7.56. The molecule has 1 amide bonds. The van der Waals surface area contributed by atoms with E-state index in [1.54, 1.807) is 24.3 Å². The predicted molar refractivity (Wildman–Crippen MR) is 97.2 cm³/mol. The van der Waals surface area contributed by atoms with Gasteiger partial charge in [0.2, 0.25) is 10.0 Å². The molecule has 27 heavy (non-hydrogen) atoms. The third-order valence-corrected chi connectivity index (χ3v) is 5.05. The largest absolute Gasteiger partial charge is 0.452 e. The maximum Gasteiger partial charge on any atom is 0.321 e. The molecule has 2 rings (SSSR count). The second-order valence-electron chi connectivity index (χ2n) is 5.38. The van der Waals surface area contributed by atoms with E-state index in [4.69, 9.17) is 16.3 Å². The van der Waals surface area contributed by atoms with Gasteiger partial charge in [0.05, 0.1) is 15.6 Å². The summed E-state index contributed by atoms with van der Waals surface area (Å²) in [7, 11) is -4.10. The topological polar surface area (TPSA) is 102 Å². The molecule has 0 saturated heterocycles. The Bertz CT molecular complexity index is 952. The molecular formula is C17H16ClFN2O5S. The Hall–Kier alpha value is -2.49. The molecule has 2 N–H and O–H groups in total. The van der Waals surface area contributed by atoms with E-state index >= 15 is 0 Å². The number of benzene rings is 2. The van der Waals surface area contributed by atoms with E-state index in [2.05, 4.69) is 5.32 Å². The molecule has 0 bridgehead atoms. The summed E-state index contributed by atoms with van der Waals surface area (Å²) in [6, 6.07) is 10.8. The fourth-order valence-corrected chi connectivity index (χ4v) is 3.14. The number of amides is 1. The summed E-state index contributed by atoms with van der Waals surface area (Å²) in [5, 5.41) is 2.80. The van der Waals surface area contributed by atoms with Crippen LogP contribution in [0.3, 0.4) is 0 Å². The first-order valence-electron chi connectivity index (χ1n) is 7.69. The van der Waals surface area contributed by atoms with Crippen molar-refractivity contribution in [3.63, 3.8) is 0 Å². The summed E-state index contributed by atoms with van der Waals surface area (Å²) in [6.07, 6.45) is -1.19. The molecule has 0 aliphatic carbocycles. The minimum absolute atomic E-state index is 0.312. The Morgan fingerprint density at radius 2 is 1.89 bits per heavy atom. The molecule has 1 atom stereocenters. The smallest absolute Gasteiger partial charge is 0.321 e. The highest BCUT2D eigenvalue weighted by molar-refractivity contribution is 7.89. The van der Waals surface area contributed by atoms with Gasteiger partial charge in [0.15, 0.2) is 6.10 Å². The Balaban J connectivity index is 1.89. The van der Waals surface area contributed by atoms with Crippen molar-refractivity contribution >= 4 is 39.2 Å². The van der Waals surface area contributed by atoms with Crippen molar-refractivity contribution in [2.75, 3.05) is 11.9 Å². The molecule has 2 aromatic rings. The second kappa shape index (κ2) is 8.94. The van der Waals surface area contributed by atoms with Crippen molar-refractivity contribution < 1.29 is 27.1 Å². The van der Waals surface area contributed by atoms with Gasteiger partial charge in [-0.05, 0) is 37.3 Å². The molecule has 0 aromatic heterocycles. The molecule has 0 fully saturated rings. The number of anilines is 1. The van der Waals surface area contributed by atoms with Crippen LogP contribution < -0.4 is 10.0 Å². The molecule has 144 valence electrons. The van der Waals surface area contributed by atoms with Crippen LogP contribution in [0.5, 0.6) is 0 Å². The molecule has 7 nitrogen and oxygen atoms in total. The summed E-state index contributed by atoms with van der Waals surface area (Å²) in [4.78, 5) is 23.5. The molecule has 0 radical (unpaired) electrons. The van der Waals surface area contributed by atoms with Crippen LogP contribution in [0.1, 0.15) is 6.92 Å². The lowest BCUT2D eigenvalue weighted by molar-refractivity contribution is -0.151. The van der Waals surface area contributed by atoms with Crippen molar-refractivity contribution in [3.8, 4) is 0 Å². The Labute approximate surface area is 160 Å². The van der Waals surface area contributed by atoms with Gasteiger partial charge < -0.3 is 10.1 Å². The zero-order chi connectivity index (χ0) is 20.0. The van der Waals surface area contributed by atoms with Crippen LogP contribution in [0, 0.1) is 5.82 Å². The van der Waals surface area contributed by atoms with Gasteiger partial charge in [0, 0.05) is 0 Å². The number of hydrogen-bond acceptors (Lipinski definition) is 5.